The van der Waals surface area contributed by atoms with E-state index in [1.165, 1.54) is 18.2 Å². The molecule has 0 radical (unpaired) electrons. The Morgan fingerprint density at radius 1 is 1.09 bits per heavy atom. The number of nitro benzene ring substituents is 1. The van der Waals surface area contributed by atoms with Gasteiger partial charge in [0.05, 0.1) is 4.92 Å². The first kappa shape index (κ1) is 22.6. The molecule has 0 spiro atoms. The number of benzene rings is 2. The number of Topliss-reactive ketones (excluding diaryl/α,β-unsaturated/α-hetero) is 1. The van der Waals surface area contributed by atoms with Crippen molar-refractivity contribution in [2.75, 3.05) is 13.4 Å². The number of aryl methyl sites for hydroxylation is 1. The van der Waals surface area contributed by atoms with Gasteiger partial charge in [-0.1, -0.05) is 6.07 Å². The molecule has 0 atom stereocenters. The average Bonchev–Trinajstić information content (AvgIpc) is 3.55. The highest BCUT2D eigenvalue weighted by molar-refractivity contribution is 7.20. The molecule has 35 heavy (non-hydrogen) atoms. The number of ether oxygens (including phenoxy) is 3. The summed E-state index contributed by atoms with van der Waals surface area (Å²) in [7, 11) is 0. The lowest BCUT2D eigenvalue weighted by Crippen LogP contribution is -2.14. The second kappa shape index (κ2) is 8.88. The van der Waals surface area contributed by atoms with Crippen LogP contribution in [0.15, 0.2) is 48.5 Å². The molecule has 3 heterocycles. The summed E-state index contributed by atoms with van der Waals surface area (Å²) < 4.78 is 18.8. The third-order valence-corrected chi connectivity index (χ3v) is 6.99. The fourth-order valence-corrected chi connectivity index (χ4v) is 5.01. The first-order valence-corrected chi connectivity index (χ1v) is 11.6. The summed E-state index contributed by atoms with van der Waals surface area (Å²) in [6.45, 7) is 4.13. The summed E-state index contributed by atoms with van der Waals surface area (Å²) >= 11 is 1.16. The van der Waals surface area contributed by atoms with E-state index in [4.69, 9.17) is 14.2 Å². The Balaban J connectivity index is 1.27. The van der Waals surface area contributed by atoms with Crippen molar-refractivity contribution >= 4 is 38.9 Å². The van der Waals surface area contributed by atoms with Gasteiger partial charge in [0, 0.05) is 45.7 Å². The molecule has 2 aromatic heterocycles. The van der Waals surface area contributed by atoms with Gasteiger partial charge in [-0.25, -0.2) is 4.79 Å². The molecule has 0 N–H and O–H groups in total. The zero-order chi connectivity index (χ0) is 24.7. The largest absolute Gasteiger partial charge is 0.454 e. The molecule has 5 rings (SSSR count). The molecule has 0 amide bonds. The van der Waals surface area contributed by atoms with Gasteiger partial charge in [0.1, 0.15) is 4.88 Å². The van der Waals surface area contributed by atoms with Crippen LogP contribution in [0.5, 0.6) is 11.5 Å². The van der Waals surface area contributed by atoms with Crippen LogP contribution >= 0.6 is 11.3 Å². The fraction of sp³-hybridized carbons (Fsp3) is 0.200. The van der Waals surface area contributed by atoms with Crippen molar-refractivity contribution in [1.82, 2.24) is 4.57 Å². The van der Waals surface area contributed by atoms with Crippen molar-refractivity contribution < 1.29 is 28.7 Å². The van der Waals surface area contributed by atoms with Crippen LogP contribution in [0.25, 0.3) is 10.1 Å². The van der Waals surface area contributed by atoms with Crippen LogP contribution in [0.1, 0.15) is 37.0 Å². The molecule has 2 aromatic carbocycles. The molecule has 10 heteroatoms. The summed E-state index contributed by atoms with van der Waals surface area (Å²) in [5.41, 5.74) is 3.12. The van der Waals surface area contributed by atoms with E-state index in [0.29, 0.717) is 29.0 Å². The number of aromatic nitrogens is 1. The molecular formula is C25H20N2O7S. The maximum atomic E-state index is 12.9. The fourth-order valence-electron chi connectivity index (χ4n) is 4.07. The lowest BCUT2D eigenvalue weighted by Gasteiger charge is -2.11. The summed E-state index contributed by atoms with van der Waals surface area (Å²) in [4.78, 5) is 36.2. The number of rotatable bonds is 7. The lowest BCUT2D eigenvalue weighted by molar-refractivity contribution is -0.384. The normalized spacial score (nSPS) is 12.2. The number of fused-ring (bicyclic) bond motifs is 2. The lowest BCUT2D eigenvalue weighted by atomic mass is 10.1. The molecule has 4 aromatic rings. The van der Waals surface area contributed by atoms with E-state index < -0.39 is 17.5 Å². The van der Waals surface area contributed by atoms with E-state index in [9.17, 15) is 19.7 Å². The number of carbonyl (C=O) groups excluding carboxylic acids is 2. The van der Waals surface area contributed by atoms with Crippen LogP contribution < -0.4 is 9.47 Å². The predicted octanol–water partition coefficient (Wildman–Crippen LogP) is 5.04. The summed E-state index contributed by atoms with van der Waals surface area (Å²) in [6, 6.07) is 13.5. The quantitative estimate of drug-likeness (QED) is 0.154. The minimum Gasteiger partial charge on any atom is -0.454 e. The Labute approximate surface area is 203 Å². The predicted molar refractivity (Wildman–Crippen MR) is 129 cm³/mol. The highest BCUT2D eigenvalue weighted by atomic mass is 32.1. The van der Waals surface area contributed by atoms with E-state index >= 15 is 0 Å². The Bertz CT molecular complexity index is 1500. The zero-order valence-corrected chi connectivity index (χ0v) is 19.7. The summed E-state index contributed by atoms with van der Waals surface area (Å²) in [5.74, 6) is 0.463. The number of nitrogens with zero attached hydrogens (tertiary/aromatic N) is 2. The topological polar surface area (TPSA) is 110 Å². The van der Waals surface area contributed by atoms with Crippen molar-refractivity contribution in [3.63, 3.8) is 0 Å². The minimum atomic E-state index is -0.642. The van der Waals surface area contributed by atoms with Gasteiger partial charge in [-0.15, -0.1) is 11.3 Å². The Morgan fingerprint density at radius 3 is 2.69 bits per heavy atom. The average molecular weight is 493 g/mol. The molecule has 178 valence electrons. The smallest absolute Gasteiger partial charge is 0.348 e. The van der Waals surface area contributed by atoms with E-state index in [1.54, 1.807) is 12.1 Å². The molecule has 0 unspecified atom stereocenters. The number of non-ortho nitro benzene ring substituents is 1. The number of thiophene rings is 1. The van der Waals surface area contributed by atoms with Crippen LogP contribution in [0.3, 0.4) is 0 Å². The number of ketones is 1. The number of hydrogen-bond donors (Lipinski definition) is 0. The SMILES string of the molecule is Cc1cc(C(=O)COC(=O)c2cc3cc([N+](=O)[O-])ccc3s2)c(C)n1Cc1ccc2c(c1)OCO2. The van der Waals surface area contributed by atoms with Gasteiger partial charge in [0.15, 0.2) is 18.1 Å². The minimum absolute atomic E-state index is 0.0542. The Kier molecular flexibility index (Phi) is 5.73. The molecule has 0 bridgehead atoms. The third-order valence-electron chi connectivity index (χ3n) is 5.90. The molecule has 0 aliphatic carbocycles. The molecule has 1 aliphatic heterocycles. The summed E-state index contributed by atoms with van der Waals surface area (Å²) in [6.07, 6.45) is 0. The van der Waals surface area contributed by atoms with Crippen molar-refractivity contribution in [3.05, 3.63) is 86.0 Å². The second-order valence-corrected chi connectivity index (χ2v) is 9.23. The number of carbonyl (C=O) groups is 2. The van der Waals surface area contributed by atoms with Gasteiger partial charge in [-0.2, -0.15) is 0 Å². The monoisotopic (exact) mass is 492 g/mol. The van der Waals surface area contributed by atoms with E-state index in [2.05, 4.69) is 0 Å². The van der Waals surface area contributed by atoms with Crippen LogP contribution in [0.4, 0.5) is 5.69 Å². The van der Waals surface area contributed by atoms with Crippen LogP contribution in [0.2, 0.25) is 0 Å². The zero-order valence-electron chi connectivity index (χ0n) is 18.9. The molecule has 0 saturated carbocycles. The molecule has 9 nitrogen and oxygen atoms in total. The van der Waals surface area contributed by atoms with Gasteiger partial charge >= 0.3 is 5.97 Å². The molecule has 0 saturated heterocycles. The second-order valence-electron chi connectivity index (χ2n) is 8.15. The Morgan fingerprint density at radius 2 is 1.89 bits per heavy atom. The molecule has 1 aliphatic rings. The molecular weight excluding hydrogens is 472 g/mol. The van der Waals surface area contributed by atoms with Crippen LogP contribution in [-0.4, -0.2) is 34.6 Å². The van der Waals surface area contributed by atoms with E-state index in [-0.39, 0.29) is 23.1 Å². The van der Waals surface area contributed by atoms with E-state index in [1.807, 2.05) is 36.6 Å². The van der Waals surface area contributed by atoms with Crippen molar-refractivity contribution in [2.24, 2.45) is 0 Å². The maximum Gasteiger partial charge on any atom is 0.348 e. The Hall–Kier alpha value is -4.18. The highest BCUT2D eigenvalue weighted by Crippen LogP contribution is 2.33. The van der Waals surface area contributed by atoms with Crippen molar-refractivity contribution in [1.29, 1.82) is 0 Å². The number of nitro groups is 1. The third kappa shape index (κ3) is 4.35. The molecule has 0 fully saturated rings. The highest BCUT2D eigenvalue weighted by Gasteiger charge is 2.20. The number of esters is 1. The standard InChI is InChI=1S/C25H20N2O7S/c1-14-7-19(15(2)26(14)11-16-3-5-21-22(8-16)34-13-33-21)20(28)12-32-25(29)24-10-17-9-18(27(30)31)4-6-23(17)35-24/h3-10H,11-13H2,1-2H3. The first-order valence-electron chi connectivity index (χ1n) is 10.7. The number of hydrogen-bond acceptors (Lipinski definition) is 8. The van der Waals surface area contributed by atoms with E-state index in [0.717, 1.165) is 33.0 Å². The van der Waals surface area contributed by atoms with Crippen LogP contribution in [0, 0.1) is 24.0 Å². The van der Waals surface area contributed by atoms with Gasteiger partial charge in [0.2, 0.25) is 12.6 Å². The maximum absolute atomic E-state index is 12.9. The summed E-state index contributed by atoms with van der Waals surface area (Å²) in [5, 5.41) is 11.5. The van der Waals surface area contributed by atoms with Crippen molar-refractivity contribution in [2.45, 2.75) is 20.4 Å². The van der Waals surface area contributed by atoms with Gasteiger partial charge < -0.3 is 18.8 Å². The van der Waals surface area contributed by atoms with Gasteiger partial charge in [0.25, 0.3) is 5.69 Å². The van der Waals surface area contributed by atoms with Crippen LogP contribution in [-0.2, 0) is 11.3 Å². The van der Waals surface area contributed by atoms with Gasteiger partial charge in [-0.3, -0.25) is 14.9 Å². The van der Waals surface area contributed by atoms with Gasteiger partial charge in [-0.05, 0) is 49.7 Å². The van der Waals surface area contributed by atoms with Crippen molar-refractivity contribution in [3.8, 4) is 11.5 Å². The first-order chi connectivity index (χ1) is 16.8.